The number of unbranched alkanes of at least 4 members (excludes halogenated alkanes) is 2. The number of likely N-dealkylation sites (tertiary alicyclic amines) is 1. The normalized spacial score (nSPS) is 15.3. The van der Waals surface area contributed by atoms with Crippen LogP contribution in [0.3, 0.4) is 0 Å². The maximum Gasteiger partial charge on any atom is 0.416 e. The number of urea groups is 1. The Balaban J connectivity index is 0.949. The highest BCUT2D eigenvalue weighted by molar-refractivity contribution is 6.12. The van der Waals surface area contributed by atoms with Gasteiger partial charge in [0, 0.05) is 75.6 Å². The number of methoxy groups -OCH3 is 1. The fourth-order valence-corrected chi connectivity index (χ4v) is 9.00. The van der Waals surface area contributed by atoms with Gasteiger partial charge in [0.1, 0.15) is 30.3 Å². The predicted octanol–water partition coefficient (Wildman–Crippen LogP) is 2.94. The van der Waals surface area contributed by atoms with E-state index in [1.165, 1.54) is 23.2 Å². The van der Waals surface area contributed by atoms with Crippen LogP contribution in [0.15, 0.2) is 77.7 Å². The molecule has 0 bridgehead atoms. The molecule has 0 saturated carbocycles. The number of primary amides is 1. The number of rotatable bonds is 24. The van der Waals surface area contributed by atoms with Crippen LogP contribution in [0.2, 0.25) is 0 Å². The van der Waals surface area contributed by atoms with Gasteiger partial charge in [-0.2, -0.15) is 0 Å². The lowest BCUT2D eigenvalue weighted by Crippen LogP contribution is -2.54. The number of anilines is 3. The van der Waals surface area contributed by atoms with Crippen LogP contribution in [0.5, 0.6) is 11.5 Å². The third-order valence-electron chi connectivity index (χ3n) is 13.2. The molecule has 24 heteroatoms. The van der Waals surface area contributed by atoms with Crippen molar-refractivity contribution in [2.45, 2.75) is 96.5 Å². The molecule has 4 aromatic rings. The highest BCUT2D eigenvalue weighted by atomic mass is 16.6. The van der Waals surface area contributed by atoms with Crippen molar-refractivity contribution in [2.24, 2.45) is 11.7 Å². The fraction of sp³-hybridized carbons (Fsp3) is 0.442. The smallest absolute Gasteiger partial charge is 0.416 e. The highest BCUT2D eigenvalue weighted by Gasteiger charge is 2.33. The summed E-state index contributed by atoms with van der Waals surface area (Å²) in [5.74, 6) is -1.59. The first-order chi connectivity index (χ1) is 36.6. The summed E-state index contributed by atoms with van der Waals surface area (Å²) in [6.07, 6.45) is 6.17. The van der Waals surface area contributed by atoms with E-state index < -0.39 is 36.0 Å². The number of benzene rings is 2. The lowest BCUT2D eigenvalue weighted by molar-refractivity contribution is -0.137. The molecule has 2 atom stereocenters. The third kappa shape index (κ3) is 14.9. The SMILES string of the molecule is COc1ccc2ncc(=O)n(CCN3CCC(N(C(=O)OCc4ccc(NC(=O)[C@H](CCCNC(N)=O)NC(=O)[C@@H](NC(=O)CCCCCN5C(=O)C=CC5=O)C(C)C)cc4)c4ccc5c(n4)NC(=O)CO5)CC3)c2c1. The molecule has 76 heavy (non-hydrogen) atoms. The molecule has 1 saturated heterocycles. The molecule has 9 amide bonds. The number of aromatic nitrogens is 3. The van der Waals surface area contributed by atoms with Gasteiger partial charge in [-0.05, 0) is 86.4 Å². The van der Waals surface area contributed by atoms with Gasteiger partial charge in [-0.25, -0.2) is 19.6 Å². The molecule has 24 nitrogen and oxygen atoms in total. The van der Waals surface area contributed by atoms with Gasteiger partial charge in [-0.1, -0.05) is 32.4 Å². The number of amides is 9. The van der Waals surface area contributed by atoms with Crippen molar-refractivity contribution >= 4 is 75.9 Å². The van der Waals surface area contributed by atoms with Crippen molar-refractivity contribution in [3.05, 3.63) is 88.9 Å². The van der Waals surface area contributed by atoms with Gasteiger partial charge in [0.05, 0.1) is 24.3 Å². The molecule has 404 valence electrons. The van der Waals surface area contributed by atoms with E-state index in [9.17, 15) is 43.2 Å². The molecule has 0 spiro atoms. The van der Waals surface area contributed by atoms with Gasteiger partial charge in [0.2, 0.25) is 17.7 Å². The summed E-state index contributed by atoms with van der Waals surface area (Å²) in [6, 6.07) is 12.1. The van der Waals surface area contributed by atoms with E-state index in [1.54, 1.807) is 80.1 Å². The lowest BCUT2D eigenvalue weighted by atomic mass is 10.0. The van der Waals surface area contributed by atoms with Crippen LogP contribution in [0, 0.1) is 5.92 Å². The van der Waals surface area contributed by atoms with E-state index in [-0.39, 0.29) is 98.3 Å². The number of hydrogen-bond acceptors (Lipinski definition) is 15. The number of pyridine rings is 1. The largest absolute Gasteiger partial charge is 0.497 e. The first-order valence-electron chi connectivity index (χ1n) is 25.3. The zero-order valence-corrected chi connectivity index (χ0v) is 42.7. The molecule has 1 fully saturated rings. The lowest BCUT2D eigenvalue weighted by Gasteiger charge is -2.37. The second-order valence-corrected chi connectivity index (χ2v) is 18.9. The Kier molecular flexibility index (Phi) is 19.1. The number of piperidine rings is 1. The summed E-state index contributed by atoms with van der Waals surface area (Å²) >= 11 is 0. The molecule has 3 aliphatic rings. The summed E-state index contributed by atoms with van der Waals surface area (Å²) < 4.78 is 18.5. The third-order valence-corrected chi connectivity index (χ3v) is 13.2. The molecule has 0 unspecified atom stereocenters. The van der Waals surface area contributed by atoms with Gasteiger partial charge in [0.15, 0.2) is 18.2 Å². The van der Waals surface area contributed by atoms with Crippen LogP contribution in [-0.2, 0) is 46.7 Å². The van der Waals surface area contributed by atoms with Crippen LogP contribution in [0.4, 0.5) is 26.9 Å². The van der Waals surface area contributed by atoms with E-state index >= 15 is 0 Å². The van der Waals surface area contributed by atoms with Crippen LogP contribution in [0.1, 0.15) is 70.8 Å². The van der Waals surface area contributed by atoms with Gasteiger partial charge >= 0.3 is 12.1 Å². The number of imide groups is 1. The van der Waals surface area contributed by atoms with Crippen LogP contribution in [-0.4, -0.2) is 136 Å². The number of fused-ring (bicyclic) bond motifs is 2. The van der Waals surface area contributed by atoms with Crippen molar-refractivity contribution in [1.29, 1.82) is 0 Å². The molecule has 7 N–H and O–H groups in total. The molecule has 3 aliphatic heterocycles. The van der Waals surface area contributed by atoms with Gasteiger partial charge in [-0.3, -0.25) is 43.4 Å². The monoisotopic (exact) mass is 1050 g/mol. The summed E-state index contributed by atoms with van der Waals surface area (Å²) in [6.45, 7) is 5.73. The zero-order chi connectivity index (χ0) is 54.3. The minimum absolute atomic E-state index is 0.102. The topological polar surface area (TPSA) is 308 Å². The maximum absolute atomic E-state index is 14.2. The van der Waals surface area contributed by atoms with Crippen LogP contribution >= 0.6 is 0 Å². The van der Waals surface area contributed by atoms with Gasteiger partial charge < -0.3 is 56.0 Å². The van der Waals surface area contributed by atoms with Gasteiger partial charge in [-0.15, -0.1) is 0 Å². The highest BCUT2D eigenvalue weighted by Crippen LogP contribution is 2.32. The average molecular weight is 1050 g/mol. The number of carbonyl (C=O) groups excluding carboxylic acids is 8. The van der Waals surface area contributed by atoms with Crippen LogP contribution < -0.4 is 52.3 Å². The molecular weight excluding hydrogens is 985 g/mol. The van der Waals surface area contributed by atoms with Crippen molar-refractivity contribution < 1.29 is 52.6 Å². The van der Waals surface area contributed by atoms with Gasteiger partial charge in [0.25, 0.3) is 23.3 Å². The van der Waals surface area contributed by atoms with E-state index in [4.69, 9.17) is 19.9 Å². The molecule has 5 heterocycles. The Labute approximate surface area is 438 Å². The van der Waals surface area contributed by atoms with Crippen molar-refractivity contribution in [3.63, 3.8) is 0 Å². The first-order valence-corrected chi connectivity index (χ1v) is 25.3. The standard InChI is InChI=1S/C52H64N12O12/c1-32(2)47(59-42(65)9-5-4-6-23-63-44(67)18-19-45(63)68)50(71)57-38(8-7-22-54-51(53)72)49(70)56-34-12-10-33(11-13-34)30-76-52(73)64(41-17-16-40-48(58-41)60-43(66)31-75-40)35-20-24-61(25-21-35)26-27-62-39-28-36(74-3)14-15-37(39)55-29-46(62)69/h10-19,28-29,32,35,38,47H,4-9,20-27,30-31H2,1-3H3,(H,56,70)(H,57,71)(H,59,65)(H3,53,54,72)(H,58,60,66)/t38-,47-/m0/s1. The van der Waals surface area contributed by atoms with Crippen molar-refractivity contribution in [2.75, 3.05) is 62.0 Å². The Bertz CT molecular complexity index is 2870. The Morgan fingerprint density at radius 3 is 2.34 bits per heavy atom. The second kappa shape index (κ2) is 26.2. The van der Waals surface area contributed by atoms with E-state index in [0.717, 1.165) is 4.90 Å². The summed E-state index contributed by atoms with van der Waals surface area (Å²) in [4.78, 5) is 128. The molecule has 0 radical (unpaired) electrons. The minimum atomic E-state index is -1.09. The zero-order valence-electron chi connectivity index (χ0n) is 42.7. The second-order valence-electron chi connectivity index (χ2n) is 18.9. The Morgan fingerprint density at radius 2 is 1.63 bits per heavy atom. The number of carbonyl (C=O) groups is 8. The number of nitrogens with one attached hydrogen (secondary N) is 5. The van der Waals surface area contributed by atoms with E-state index in [0.29, 0.717) is 92.1 Å². The Morgan fingerprint density at radius 1 is 0.882 bits per heavy atom. The average Bonchev–Trinajstić information content (AvgIpc) is 3.73. The van der Waals surface area contributed by atoms with Crippen LogP contribution in [0.25, 0.3) is 11.0 Å². The molecule has 2 aromatic heterocycles. The molecule has 2 aromatic carbocycles. The Hall–Kier alpha value is -8.41. The first kappa shape index (κ1) is 55.3. The van der Waals surface area contributed by atoms with E-state index in [2.05, 4.69) is 41.5 Å². The summed E-state index contributed by atoms with van der Waals surface area (Å²) in [5.41, 5.74) is 7.29. The van der Waals surface area contributed by atoms with Crippen molar-refractivity contribution in [3.8, 4) is 11.5 Å². The quantitative estimate of drug-likeness (QED) is 0.0434. The summed E-state index contributed by atoms with van der Waals surface area (Å²) in [7, 11) is 1.56. The number of nitrogens with two attached hydrogens (primary N) is 1. The van der Waals surface area contributed by atoms with E-state index in [1.807, 2.05) is 0 Å². The maximum atomic E-state index is 14.2. The molecule has 7 rings (SSSR count). The minimum Gasteiger partial charge on any atom is -0.497 e. The fourth-order valence-electron chi connectivity index (χ4n) is 9.00. The number of nitrogens with zero attached hydrogens (tertiary/aromatic N) is 6. The number of ether oxygens (including phenoxy) is 3. The van der Waals surface area contributed by atoms with Crippen molar-refractivity contribution in [1.82, 2.24) is 40.3 Å². The molecule has 0 aliphatic carbocycles. The molecular formula is C52H64N12O12. The summed E-state index contributed by atoms with van der Waals surface area (Å²) in [5, 5.41) is 13.5. The predicted molar refractivity (Wildman–Crippen MR) is 278 cm³/mol. The number of hydrogen-bond donors (Lipinski definition) is 6.